The number of hydrogen-bond donors (Lipinski definition) is 0. The summed E-state index contributed by atoms with van der Waals surface area (Å²) in [5.74, 6) is 0. The lowest BCUT2D eigenvalue weighted by Gasteiger charge is -2.24. The minimum atomic E-state index is -0.0904. The lowest BCUT2D eigenvalue weighted by atomic mass is 9.80. The first-order chi connectivity index (χ1) is 18.6. The molecule has 0 spiro atoms. The molecule has 38 heavy (non-hydrogen) atoms. The molecule has 1 aromatic heterocycles. The van der Waals surface area contributed by atoms with E-state index in [1.54, 1.807) is 0 Å². The Morgan fingerprint density at radius 1 is 0.553 bits per heavy atom. The van der Waals surface area contributed by atoms with Gasteiger partial charge in [0.2, 0.25) is 0 Å². The van der Waals surface area contributed by atoms with Gasteiger partial charge in [-0.3, -0.25) is 0 Å². The van der Waals surface area contributed by atoms with Crippen molar-refractivity contribution in [1.29, 1.82) is 0 Å². The van der Waals surface area contributed by atoms with E-state index >= 15 is 0 Å². The monoisotopic (exact) mass is 485 g/mol. The predicted octanol–water partition coefficient (Wildman–Crippen LogP) is 9.91. The van der Waals surface area contributed by atoms with Crippen molar-refractivity contribution >= 4 is 32.6 Å². The van der Waals surface area contributed by atoms with E-state index in [0.717, 1.165) is 0 Å². The van der Waals surface area contributed by atoms with Gasteiger partial charge in [-0.25, -0.2) is 0 Å². The maximum atomic E-state index is 2.49. The van der Waals surface area contributed by atoms with E-state index in [9.17, 15) is 0 Å². The molecule has 7 aromatic rings. The fraction of sp³-hybridized carbons (Fsp3) is 0.0811. The van der Waals surface area contributed by atoms with Crippen LogP contribution in [-0.2, 0) is 5.41 Å². The first-order valence-corrected chi connectivity index (χ1v) is 13.4. The molecule has 0 N–H and O–H groups in total. The molecule has 0 fully saturated rings. The summed E-state index contributed by atoms with van der Waals surface area (Å²) in [5.41, 5.74) is 11.7. The van der Waals surface area contributed by atoms with Crippen LogP contribution < -0.4 is 0 Å². The number of hydrogen-bond acceptors (Lipinski definition) is 0. The van der Waals surface area contributed by atoms with E-state index in [1.807, 2.05) is 0 Å². The van der Waals surface area contributed by atoms with Crippen molar-refractivity contribution in [3.05, 3.63) is 139 Å². The zero-order chi connectivity index (χ0) is 25.4. The summed E-state index contributed by atoms with van der Waals surface area (Å²) < 4.78 is 2.49. The number of fused-ring (bicyclic) bond motifs is 9. The highest BCUT2D eigenvalue weighted by Gasteiger charge is 2.37. The molecule has 0 aliphatic heterocycles. The minimum Gasteiger partial charge on any atom is -0.309 e. The lowest BCUT2D eigenvalue weighted by molar-refractivity contribution is 0.666. The summed E-state index contributed by atoms with van der Waals surface area (Å²) in [6.07, 6.45) is 0. The van der Waals surface area contributed by atoms with Crippen LogP contribution in [0.15, 0.2) is 127 Å². The molecule has 8 rings (SSSR count). The third kappa shape index (κ3) is 2.82. The highest BCUT2D eigenvalue weighted by molar-refractivity contribution is 6.21. The van der Waals surface area contributed by atoms with Gasteiger partial charge >= 0.3 is 0 Å². The van der Waals surface area contributed by atoms with E-state index < -0.39 is 0 Å². The summed E-state index contributed by atoms with van der Waals surface area (Å²) in [4.78, 5) is 0. The fourth-order valence-electron chi connectivity index (χ4n) is 6.84. The second-order valence-electron chi connectivity index (χ2n) is 11.0. The van der Waals surface area contributed by atoms with Gasteiger partial charge in [-0.1, -0.05) is 117 Å². The predicted molar refractivity (Wildman–Crippen MR) is 161 cm³/mol. The molecule has 1 aliphatic rings. The molecule has 1 nitrogen and oxygen atoms in total. The third-order valence-electron chi connectivity index (χ3n) is 8.55. The summed E-state index contributed by atoms with van der Waals surface area (Å²) in [5, 5.41) is 5.25. The molecular weight excluding hydrogens is 458 g/mol. The van der Waals surface area contributed by atoms with Gasteiger partial charge in [-0.2, -0.15) is 0 Å². The van der Waals surface area contributed by atoms with Crippen molar-refractivity contribution in [3.63, 3.8) is 0 Å². The molecule has 0 unspecified atom stereocenters. The van der Waals surface area contributed by atoms with Gasteiger partial charge in [-0.05, 0) is 63.0 Å². The Hall–Kier alpha value is -4.62. The van der Waals surface area contributed by atoms with Crippen molar-refractivity contribution in [2.45, 2.75) is 19.3 Å². The largest absolute Gasteiger partial charge is 0.309 e. The standard InChI is InChI=1S/C37H27N/c1-37(2)32-16-10-9-15-28(32)29-20-17-25-18-21-30-31-23-26(24-11-5-3-6-12-24)19-22-33(31)38(27-13-7-4-8-14-27)36(30)34(25)35(29)37/h3-23H,1-2H3. The molecular formula is C37H27N. The summed E-state index contributed by atoms with van der Waals surface area (Å²) in [6.45, 7) is 4.78. The normalized spacial score (nSPS) is 13.7. The molecule has 1 aliphatic carbocycles. The van der Waals surface area contributed by atoms with Crippen LogP contribution in [-0.4, -0.2) is 4.57 Å². The topological polar surface area (TPSA) is 4.93 Å². The SMILES string of the molecule is CC1(C)c2ccccc2-c2ccc3ccc4c5cc(-c6ccccc6)ccc5n(-c5ccccc5)c4c3c21. The molecule has 0 saturated carbocycles. The van der Waals surface area contributed by atoms with Crippen molar-refractivity contribution < 1.29 is 0 Å². The Morgan fingerprint density at radius 2 is 1.26 bits per heavy atom. The molecule has 0 bridgehead atoms. The summed E-state index contributed by atoms with van der Waals surface area (Å²) >= 11 is 0. The van der Waals surface area contributed by atoms with Crippen LogP contribution in [0.3, 0.4) is 0 Å². The zero-order valence-corrected chi connectivity index (χ0v) is 21.6. The first kappa shape index (κ1) is 21.5. The Morgan fingerprint density at radius 3 is 2.08 bits per heavy atom. The van der Waals surface area contributed by atoms with Crippen LogP contribution >= 0.6 is 0 Å². The van der Waals surface area contributed by atoms with Gasteiger partial charge in [0.1, 0.15) is 0 Å². The highest BCUT2D eigenvalue weighted by Crippen LogP contribution is 2.53. The van der Waals surface area contributed by atoms with Gasteiger partial charge in [0, 0.05) is 27.3 Å². The van der Waals surface area contributed by atoms with Crippen LogP contribution in [0.5, 0.6) is 0 Å². The van der Waals surface area contributed by atoms with Crippen LogP contribution in [0.2, 0.25) is 0 Å². The summed E-state index contributed by atoms with van der Waals surface area (Å²) in [6, 6.07) is 46.7. The molecule has 0 radical (unpaired) electrons. The zero-order valence-electron chi connectivity index (χ0n) is 21.6. The second kappa shape index (κ2) is 7.69. The average molecular weight is 486 g/mol. The van der Waals surface area contributed by atoms with Crippen molar-refractivity contribution in [1.82, 2.24) is 4.57 Å². The molecule has 6 aromatic carbocycles. The van der Waals surface area contributed by atoms with Gasteiger partial charge in [-0.15, -0.1) is 0 Å². The Kier molecular flexibility index (Phi) is 4.35. The molecule has 1 heterocycles. The maximum Gasteiger partial charge on any atom is 0.0622 e. The van der Waals surface area contributed by atoms with Crippen molar-refractivity contribution in [3.8, 4) is 27.9 Å². The number of para-hydroxylation sites is 1. The molecule has 0 saturated heterocycles. The molecule has 0 atom stereocenters. The van der Waals surface area contributed by atoms with E-state index in [0.29, 0.717) is 0 Å². The lowest BCUT2D eigenvalue weighted by Crippen LogP contribution is -2.15. The Labute approximate surface area is 222 Å². The Bertz CT molecular complexity index is 2030. The van der Waals surface area contributed by atoms with Crippen LogP contribution in [0, 0.1) is 0 Å². The van der Waals surface area contributed by atoms with Gasteiger partial charge < -0.3 is 4.57 Å². The van der Waals surface area contributed by atoms with Crippen LogP contribution in [0.1, 0.15) is 25.0 Å². The number of nitrogens with zero attached hydrogens (tertiary/aromatic N) is 1. The maximum absolute atomic E-state index is 2.49. The number of aromatic nitrogens is 1. The second-order valence-corrected chi connectivity index (χ2v) is 11.0. The molecule has 1 heteroatoms. The van der Waals surface area contributed by atoms with Gasteiger partial charge in [0.15, 0.2) is 0 Å². The van der Waals surface area contributed by atoms with Crippen molar-refractivity contribution in [2.24, 2.45) is 0 Å². The quantitative estimate of drug-likeness (QED) is 0.230. The van der Waals surface area contributed by atoms with E-state index in [2.05, 4.69) is 146 Å². The minimum absolute atomic E-state index is 0.0904. The Balaban J connectivity index is 1.57. The molecule has 0 amide bonds. The third-order valence-corrected chi connectivity index (χ3v) is 8.55. The fourth-order valence-corrected chi connectivity index (χ4v) is 6.84. The van der Waals surface area contributed by atoms with Crippen molar-refractivity contribution in [2.75, 3.05) is 0 Å². The van der Waals surface area contributed by atoms with Crippen LogP contribution in [0.4, 0.5) is 0 Å². The van der Waals surface area contributed by atoms with E-state index in [-0.39, 0.29) is 5.41 Å². The molecule has 180 valence electrons. The van der Waals surface area contributed by atoms with Crippen LogP contribution in [0.25, 0.3) is 60.5 Å². The van der Waals surface area contributed by atoms with E-state index in [4.69, 9.17) is 0 Å². The highest BCUT2D eigenvalue weighted by atomic mass is 15.0. The van der Waals surface area contributed by atoms with E-state index in [1.165, 1.54) is 71.6 Å². The average Bonchev–Trinajstić information content (AvgIpc) is 3.43. The summed E-state index contributed by atoms with van der Waals surface area (Å²) in [7, 11) is 0. The van der Waals surface area contributed by atoms with Gasteiger partial charge in [0.05, 0.1) is 11.0 Å². The number of rotatable bonds is 2. The van der Waals surface area contributed by atoms with Gasteiger partial charge in [0.25, 0.3) is 0 Å². The smallest absolute Gasteiger partial charge is 0.0622 e. The first-order valence-electron chi connectivity index (χ1n) is 13.4. The number of benzene rings is 6.